The van der Waals surface area contributed by atoms with Gasteiger partial charge in [-0.2, -0.15) is 5.10 Å². The van der Waals surface area contributed by atoms with Gasteiger partial charge < -0.3 is 0 Å². The lowest BCUT2D eigenvalue weighted by Gasteiger charge is -2.04. The van der Waals surface area contributed by atoms with E-state index in [1.807, 2.05) is 24.3 Å². The van der Waals surface area contributed by atoms with Gasteiger partial charge in [-0.1, -0.05) is 29.8 Å². The van der Waals surface area contributed by atoms with Crippen LogP contribution in [0.4, 0.5) is 5.69 Å². The molecular formula is C10H12Br2N2. The Morgan fingerprint density at radius 2 is 1.86 bits per heavy atom. The first-order valence-corrected chi connectivity index (χ1v) is 5.93. The first-order valence-electron chi connectivity index (χ1n) is 4.34. The lowest BCUT2D eigenvalue weighted by molar-refractivity contribution is 0.898. The number of halogens is 2. The molecule has 0 amide bonds. The molecule has 14 heavy (non-hydrogen) atoms. The third kappa shape index (κ3) is 3.80. The van der Waals surface area contributed by atoms with E-state index in [1.165, 1.54) is 0 Å². The normalized spacial score (nSPS) is 11.9. The average Bonchev–Trinajstić information content (AvgIpc) is 2.16. The van der Waals surface area contributed by atoms with E-state index >= 15 is 0 Å². The zero-order valence-corrected chi connectivity index (χ0v) is 11.3. The van der Waals surface area contributed by atoms with Crippen molar-refractivity contribution in [3.05, 3.63) is 28.7 Å². The van der Waals surface area contributed by atoms with E-state index in [-0.39, 0.29) is 0 Å². The molecule has 76 valence electrons. The summed E-state index contributed by atoms with van der Waals surface area (Å²) in [6.45, 7) is 4.16. The smallest absolute Gasteiger partial charge is 0.106 e. The number of nitrogens with zero attached hydrogens (tertiary/aromatic N) is 1. The number of hydrogen-bond donors (Lipinski definition) is 1. The summed E-state index contributed by atoms with van der Waals surface area (Å²) >= 11 is 6.77. The Labute approximate surface area is 101 Å². The van der Waals surface area contributed by atoms with Crippen LogP contribution in [0.25, 0.3) is 0 Å². The molecule has 0 aliphatic rings. The first-order chi connectivity index (χ1) is 6.59. The van der Waals surface area contributed by atoms with E-state index in [0.29, 0.717) is 5.92 Å². The fourth-order valence-electron chi connectivity index (χ4n) is 0.771. The van der Waals surface area contributed by atoms with Gasteiger partial charge in [0.05, 0.1) is 5.69 Å². The second-order valence-electron chi connectivity index (χ2n) is 3.21. The van der Waals surface area contributed by atoms with Crippen LogP contribution in [-0.4, -0.2) is 4.62 Å². The van der Waals surface area contributed by atoms with Crippen LogP contribution < -0.4 is 5.43 Å². The summed E-state index contributed by atoms with van der Waals surface area (Å²) in [7, 11) is 0. The molecule has 0 spiro atoms. The fourth-order valence-corrected chi connectivity index (χ4v) is 1.12. The quantitative estimate of drug-likeness (QED) is 0.654. The minimum Gasteiger partial charge on any atom is -0.278 e. The zero-order valence-electron chi connectivity index (χ0n) is 8.09. The minimum atomic E-state index is 0.401. The molecule has 0 saturated heterocycles. The third-order valence-corrected chi connectivity index (χ3v) is 3.23. The predicted molar refractivity (Wildman–Crippen MR) is 69.0 cm³/mol. The van der Waals surface area contributed by atoms with E-state index in [1.54, 1.807) is 0 Å². The highest BCUT2D eigenvalue weighted by Gasteiger charge is 1.99. The Balaban J connectivity index is 2.62. The number of nitrogens with one attached hydrogen (secondary N) is 1. The standard InChI is InChI=1S/C10H12Br2N2/c1-7(2)10(12)14-13-9-5-3-8(11)4-6-9/h3-7,13H,1-2H3/b14-10-. The van der Waals surface area contributed by atoms with Gasteiger partial charge in [-0.3, -0.25) is 5.43 Å². The second-order valence-corrected chi connectivity index (χ2v) is 4.94. The molecule has 1 rings (SSSR count). The van der Waals surface area contributed by atoms with Crippen molar-refractivity contribution in [2.45, 2.75) is 13.8 Å². The van der Waals surface area contributed by atoms with E-state index in [4.69, 9.17) is 0 Å². The summed E-state index contributed by atoms with van der Waals surface area (Å²) in [5, 5.41) is 4.19. The first kappa shape index (κ1) is 11.7. The molecule has 0 saturated carbocycles. The molecule has 0 fully saturated rings. The Hall–Kier alpha value is -0.350. The molecule has 0 atom stereocenters. The van der Waals surface area contributed by atoms with Crippen molar-refractivity contribution in [2.24, 2.45) is 11.0 Å². The SMILES string of the molecule is CC(C)/C(Br)=N/Nc1ccc(Br)cc1. The Morgan fingerprint density at radius 1 is 1.29 bits per heavy atom. The molecule has 0 aliphatic heterocycles. The monoisotopic (exact) mass is 318 g/mol. The number of hydrazone groups is 1. The van der Waals surface area contributed by atoms with Gasteiger partial charge in [0.25, 0.3) is 0 Å². The zero-order chi connectivity index (χ0) is 10.6. The molecule has 1 N–H and O–H groups in total. The largest absolute Gasteiger partial charge is 0.278 e. The summed E-state index contributed by atoms with van der Waals surface area (Å²) < 4.78 is 1.98. The Bertz CT molecular complexity index is 317. The molecule has 0 aromatic heterocycles. The molecule has 2 nitrogen and oxygen atoms in total. The van der Waals surface area contributed by atoms with Crippen LogP contribution in [0, 0.1) is 5.92 Å². The minimum absolute atomic E-state index is 0.401. The summed E-state index contributed by atoms with van der Waals surface area (Å²) in [4.78, 5) is 0. The molecule has 4 heteroatoms. The van der Waals surface area contributed by atoms with Gasteiger partial charge in [0.15, 0.2) is 0 Å². The highest BCUT2D eigenvalue weighted by atomic mass is 79.9. The lowest BCUT2D eigenvalue weighted by atomic mass is 10.2. The molecule has 1 aromatic carbocycles. The molecular weight excluding hydrogens is 308 g/mol. The van der Waals surface area contributed by atoms with Gasteiger partial charge in [0.2, 0.25) is 0 Å². The Morgan fingerprint density at radius 3 is 2.36 bits per heavy atom. The molecule has 0 aliphatic carbocycles. The van der Waals surface area contributed by atoms with Crippen molar-refractivity contribution in [1.29, 1.82) is 0 Å². The van der Waals surface area contributed by atoms with Crippen LogP contribution in [0.2, 0.25) is 0 Å². The molecule has 0 bridgehead atoms. The fraction of sp³-hybridized carbons (Fsp3) is 0.300. The maximum Gasteiger partial charge on any atom is 0.106 e. The van der Waals surface area contributed by atoms with Gasteiger partial charge >= 0.3 is 0 Å². The summed E-state index contributed by atoms with van der Waals surface area (Å²) in [6.07, 6.45) is 0. The van der Waals surface area contributed by atoms with Gasteiger partial charge in [0, 0.05) is 10.4 Å². The molecule has 0 heterocycles. The van der Waals surface area contributed by atoms with Gasteiger partial charge in [0.1, 0.15) is 4.62 Å². The number of hydrogen-bond acceptors (Lipinski definition) is 2. The van der Waals surface area contributed by atoms with Crippen LogP contribution in [0.15, 0.2) is 33.8 Å². The van der Waals surface area contributed by atoms with Gasteiger partial charge in [-0.25, -0.2) is 0 Å². The van der Waals surface area contributed by atoms with Crippen molar-refractivity contribution in [3.8, 4) is 0 Å². The topological polar surface area (TPSA) is 24.4 Å². The maximum absolute atomic E-state index is 4.19. The highest BCUT2D eigenvalue weighted by molar-refractivity contribution is 9.18. The summed E-state index contributed by atoms with van der Waals surface area (Å²) in [5.41, 5.74) is 3.95. The predicted octanol–water partition coefficient (Wildman–Crippen LogP) is 4.23. The molecule has 0 radical (unpaired) electrons. The summed E-state index contributed by atoms with van der Waals surface area (Å²) in [6, 6.07) is 7.88. The van der Waals surface area contributed by atoms with Crippen molar-refractivity contribution in [3.63, 3.8) is 0 Å². The van der Waals surface area contributed by atoms with Crippen LogP contribution in [0.3, 0.4) is 0 Å². The van der Waals surface area contributed by atoms with Crippen LogP contribution >= 0.6 is 31.9 Å². The number of anilines is 1. The lowest BCUT2D eigenvalue weighted by Crippen LogP contribution is -2.01. The third-order valence-electron chi connectivity index (χ3n) is 1.61. The molecule has 1 aromatic rings. The maximum atomic E-state index is 4.19. The van der Waals surface area contributed by atoms with Gasteiger partial charge in [-0.05, 0) is 40.2 Å². The van der Waals surface area contributed by atoms with Crippen LogP contribution in [0.1, 0.15) is 13.8 Å². The van der Waals surface area contributed by atoms with Crippen LogP contribution in [-0.2, 0) is 0 Å². The van der Waals surface area contributed by atoms with Crippen molar-refractivity contribution < 1.29 is 0 Å². The summed E-state index contributed by atoms with van der Waals surface area (Å²) in [5.74, 6) is 0.401. The van der Waals surface area contributed by atoms with E-state index in [9.17, 15) is 0 Å². The number of rotatable bonds is 3. The van der Waals surface area contributed by atoms with E-state index in [2.05, 4.69) is 56.2 Å². The van der Waals surface area contributed by atoms with Gasteiger partial charge in [-0.15, -0.1) is 0 Å². The Kier molecular flexibility index (Phi) is 4.62. The highest BCUT2D eigenvalue weighted by Crippen LogP contribution is 2.14. The van der Waals surface area contributed by atoms with Crippen molar-refractivity contribution >= 4 is 42.2 Å². The van der Waals surface area contributed by atoms with Crippen molar-refractivity contribution in [1.82, 2.24) is 0 Å². The van der Waals surface area contributed by atoms with Crippen LogP contribution in [0.5, 0.6) is 0 Å². The average molecular weight is 320 g/mol. The second kappa shape index (κ2) is 5.51. The van der Waals surface area contributed by atoms with E-state index in [0.717, 1.165) is 14.8 Å². The van der Waals surface area contributed by atoms with Crippen molar-refractivity contribution in [2.75, 3.05) is 5.43 Å². The van der Waals surface area contributed by atoms with E-state index < -0.39 is 0 Å². The number of benzene rings is 1. The molecule has 0 unspecified atom stereocenters.